The highest BCUT2D eigenvalue weighted by Gasteiger charge is 2.23. The molecule has 1 aliphatic heterocycles. The molecule has 0 N–H and O–H groups in total. The average Bonchev–Trinajstić information content (AvgIpc) is 2.92. The summed E-state index contributed by atoms with van der Waals surface area (Å²) in [4.78, 5) is 0. The molecule has 0 radical (unpaired) electrons. The van der Waals surface area contributed by atoms with Crippen LogP contribution in [0, 0.1) is 11.8 Å². The standard InChI is InChI=1S/C34H50O/c1-3-5-7-9-11-28-14-25-34(35-26-28)33-23-21-32(22-24-33)31-19-17-30(18-20-31)29-15-12-27(13-16-29)10-8-6-4-2/h17-24,27-29,34H,3-16,25-26H2,1-2H3. The van der Waals surface area contributed by atoms with Crippen molar-refractivity contribution >= 4 is 0 Å². The minimum absolute atomic E-state index is 0.287. The Morgan fingerprint density at radius 3 is 1.71 bits per heavy atom. The highest BCUT2D eigenvalue weighted by atomic mass is 16.5. The molecule has 192 valence electrons. The molecule has 0 amide bonds. The maximum atomic E-state index is 6.30. The van der Waals surface area contributed by atoms with Crippen LogP contribution in [0.25, 0.3) is 11.1 Å². The van der Waals surface area contributed by atoms with Gasteiger partial charge in [0.2, 0.25) is 0 Å². The van der Waals surface area contributed by atoms with E-state index >= 15 is 0 Å². The van der Waals surface area contributed by atoms with Gasteiger partial charge in [-0.25, -0.2) is 0 Å². The van der Waals surface area contributed by atoms with Crippen molar-refractivity contribution in [3.05, 3.63) is 59.7 Å². The molecule has 2 unspecified atom stereocenters. The van der Waals surface area contributed by atoms with Gasteiger partial charge in [0.1, 0.15) is 0 Å². The molecular weight excluding hydrogens is 424 g/mol. The Morgan fingerprint density at radius 2 is 1.11 bits per heavy atom. The first-order valence-electron chi connectivity index (χ1n) is 15.1. The molecule has 1 heteroatoms. The lowest BCUT2D eigenvalue weighted by molar-refractivity contribution is -0.0198. The first-order valence-corrected chi connectivity index (χ1v) is 15.1. The van der Waals surface area contributed by atoms with Gasteiger partial charge in [-0.1, -0.05) is 114 Å². The second-order valence-corrected chi connectivity index (χ2v) is 11.6. The molecule has 1 nitrogen and oxygen atoms in total. The summed E-state index contributed by atoms with van der Waals surface area (Å²) in [6.45, 7) is 5.54. The van der Waals surface area contributed by atoms with Crippen molar-refractivity contribution in [1.82, 2.24) is 0 Å². The molecule has 1 aliphatic carbocycles. The molecule has 2 atom stereocenters. The van der Waals surface area contributed by atoms with Crippen molar-refractivity contribution in [2.45, 2.75) is 122 Å². The number of rotatable bonds is 12. The second-order valence-electron chi connectivity index (χ2n) is 11.6. The number of hydrogen-bond acceptors (Lipinski definition) is 1. The van der Waals surface area contributed by atoms with E-state index in [0.717, 1.165) is 24.4 Å². The van der Waals surface area contributed by atoms with Gasteiger partial charge in [-0.2, -0.15) is 0 Å². The number of hydrogen-bond donors (Lipinski definition) is 0. The third kappa shape index (κ3) is 7.94. The lowest BCUT2D eigenvalue weighted by atomic mass is 9.77. The largest absolute Gasteiger partial charge is 0.373 e. The minimum atomic E-state index is 0.287. The summed E-state index contributed by atoms with van der Waals surface area (Å²) in [6, 6.07) is 18.7. The highest BCUT2D eigenvalue weighted by molar-refractivity contribution is 5.64. The Labute approximate surface area is 216 Å². The van der Waals surface area contributed by atoms with Crippen molar-refractivity contribution in [3.63, 3.8) is 0 Å². The molecule has 2 aliphatic rings. The molecule has 0 spiro atoms. The van der Waals surface area contributed by atoms with Crippen LogP contribution in [0.4, 0.5) is 0 Å². The van der Waals surface area contributed by atoms with Gasteiger partial charge in [-0.15, -0.1) is 0 Å². The van der Waals surface area contributed by atoms with Gasteiger partial charge in [0, 0.05) is 0 Å². The third-order valence-corrected chi connectivity index (χ3v) is 8.90. The van der Waals surface area contributed by atoms with E-state index in [1.165, 1.54) is 113 Å². The SMILES string of the molecule is CCCCCCC1CCC(c2ccc(-c3ccc(C4CCC(CCCCC)CC4)cc3)cc2)OC1. The van der Waals surface area contributed by atoms with E-state index in [-0.39, 0.29) is 6.10 Å². The van der Waals surface area contributed by atoms with Gasteiger partial charge >= 0.3 is 0 Å². The molecule has 4 rings (SSSR count). The summed E-state index contributed by atoms with van der Waals surface area (Å²) < 4.78 is 6.30. The zero-order valence-electron chi connectivity index (χ0n) is 22.7. The zero-order chi connectivity index (χ0) is 24.3. The summed E-state index contributed by atoms with van der Waals surface area (Å²) >= 11 is 0. The molecule has 0 bridgehead atoms. The van der Waals surface area contributed by atoms with Crippen LogP contribution < -0.4 is 0 Å². The zero-order valence-corrected chi connectivity index (χ0v) is 22.7. The van der Waals surface area contributed by atoms with Crippen LogP contribution in [0.3, 0.4) is 0 Å². The first kappa shape index (κ1) is 26.5. The van der Waals surface area contributed by atoms with Crippen LogP contribution in [0.5, 0.6) is 0 Å². The van der Waals surface area contributed by atoms with Gasteiger partial charge in [0.15, 0.2) is 0 Å². The van der Waals surface area contributed by atoms with Crippen LogP contribution in [0.2, 0.25) is 0 Å². The predicted molar refractivity (Wildman–Crippen MR) is 151 cm³/mol. The quantitative estimate of drug-likeness (QED) is 0.278. The maximum absolute atomic E-state index is 6.30. The van der Waals surface area contributed by atoms with Crippen molar-refractivity contribution < 1.29 is 4.74 Å². The van der Waals surface area contributed by atoms with Crippen molar-refractivity contribution in [2.24, 2.45) is 11.8 Å². The highest BCUT2D eigenvalue weighted by Crippen LogP contribution is 2.38. The van der Waals surface area contributed by atoms with E-state index in [2.05, 4.69) is 62.4 Å². The van der Waals surface area contributed by atoms with E-state index in [1.807, 2.05) is 0 Å². The molecule has 35 heavy (non-hydrogen) atoms. The fraction of sp³-hybridized carbons (Fsp3) is 0.647. The molecule has 2 aromatic carbocycles. The molecule has 1 saturated carbocycles. The number of unbranched alkanes of at least 4 members (excludes halogenated alkanes) is 5. The van der Waals surface area contributed by atoms with Crippen molar-refractivity contribution in [3.8, 4) is 11.1 Å². The lowest BCUT2D eigenvalue weighted by Crippen LogP contribution is -2.20. The second kappa shape index (κ2) is 14.2. The summed E-state index contributed by atoms with van der Waals surface area (Å²) in [5, 5.41) is 0. The fourth-order valence-corrected chi connectivity index (χ4v) is 6.46. The van der Waals surface area contributed by atoms with Crippen molar-refractivity contribution in [2.75, 3.05) is 6.61 Å². The topological polar surface area (TPSA) is 9.23 Å². The molecule has 2 aromatic rings. The number of ether oxygens (including phenoxy) is 1. The van der Waals surface area contributed by atoms with E-state index < -0.39 is 0 Å². The third-order valence-electron chi connectivity index (χ3n) is 8.90. The lowest BCUT2D eigenvalue weighted by Gasteiger charge is -2.29. The van der Waals surface area contributed by atoms with Crippen LogP contribution in [-0.4, -0.2) is 6.61 Å². The van der Waals surface area contributed by atoms with Gasteiger partial charge < -0.3 is 4.74 Å². The smallest absolute Gasteiger partial charge is 0.0825 e. The minimum Gasteiger partial charge on any atom is -0.373 e. The van der Waals surface area contributed by atoms with Crippen molar-refractivity contribution in [1.29, 1.82) is 0 Å². The Balaban J connectivity index is 1.23. The monoisotopic (exact) mass is 474 g/mol. The molecule has 1 saturated heterocycles. The Morgan fingerprint density at radius 1 is 0.571 bits per heavy atom. The first-order chi connectivity index (χ1) is 17.3. The molecule has 1 heterocycles. The van der Waals surface area contributed by atoms with Crippen LogP contribution in [-0.2, 0) is 4.74 Å². The summed E-state index contributed by atoms with van der Waals surface area (Å²) in [6.07, 6.45) is 20.9. The molecule has 0 aromatic heterocycles. The Bertz CT molecular complexity index is 820. The van der Waals surface area contributed by atoms with Gasteiger partial charge in [-0.05, 0) is 85.0 Å². The molecular formula is C34H50O. The number of benzene rings is 2. The van der Waals surface area contributed by atoms with Gasteiger partial charge in [-0.3, -0.25) is 0 Å². The average molecular weight is 475 g/mol. The normalized spacial score (nSPS) is 25.0. The molecule has 2 fully saturated rings. The summed E-state index contributed by atoms with van der Waals surface area (Å²) in [5.41, 5.74) is 5.57. The summed E-state index contributed by atoms with van der Waals surface area (Å²) in [5.74, 6) is 2.53. The van der Waals surface area contributed by atoms with E-state index in [9.17, 15) is 0 Å². The predicted octanol–water partition coefficient (Wildman–Crippen LogP) is 10.6. The van der Waals surface area contributed by atoms with Gasteiger partial charge in [0.05, 0.1) is 12.7 Å². The fourth-order valence-electron chi connectivity index (χ4n) is 6.46. The van der Waals surface area contributed by atoms with E-state index in [1.54, 1.807) is 5.56 Å². The van der Waals surface area contributed by atoms with Crippen LogP contribution in [0.1, 0.15) is 133 Å². The summed E-state index contributed by atoms with van der Waals surface area (Å²) in [7, 11) is 0. The van der Waals surface area contributed by atoms with Gasteiger partial charge in [0.25, 0.3) is 0 Å². The Hall–Kier alpha value is -1.60. The van der Waals surface area contributed by atoms with E-state index in [0.29, 0.717) is 0 Å². The maximum Gasteiger partial charge on any atom is 0.0825 e. The van der Waals surface area contributed by atoms with Crippen LogP contribution >= 0.6 is 0 Å². The Kier molecular flexibility index (Phi) is 10.8. The van der Waals surface area contributed by atoms with Crippen LogP contribution in [0.15, 0.2) is 48.5 Å². The van der Waals surface area contributed by atoms with E-state index in [4.69, 9.17) is 4.74 Å².